The highest BCUT2D eigenvalue weighted by molar-refractivity contribution is 8.14. The molecule has 0 fully saturated rings. The molecule has 1 aromatic rings. The molecule has 4 heteroatoms. The molecule has 1 atom stereocenters. The summed E-state index contributed by atoms with van der Waals surface area (Å²) >= 11 is 1.58. The van der Waals surface area contributed by atoms with E-state index in [0.717, 1.165) is 11.7 Å². The number of hydrogen-bond donors (Lipinski definition) is 0. The lowest BCUT2D eigenvalue weighted by atomic mass is 10.1. The summed E-state index contributed by atoms with van der Waals surface area (Å²) in [6.07, 6.45) is 0. The molecular formula is C11H10N2OS. The average Bonchev–Trinajstić information content (AvgIpc) is 2.57. The zero-order valence-electron chi connectivity index (χ0n) is 8.30. The van der Waals surface area contributed by atoms with Crippen LogP contribution in [0.1, 0.15) is 6.92 Å². The van der Waals surface area contributed by atoms with E-state index in [1.807, 2.05) is 19.1 Å². The minimum absolute atomic E-state index is 0.000469. The molecule has 1 unspecified atom stereocenters. The summed E-state index contributed by atoms with van der Waals surface area (Å²) < 4.78 is 0. The summed E-state index contributed by atoms with van der Waals surface area (Å²) in [6, 6.07) is 8.17. The van der Waals surface area contributed by atoms with Crippen molar-refractivity contribution >= 4 is 28.5 Å². The van der Waals surface area contributed by atoms with Crippen molar-refractivity contribution in [1.29, 1.82) is 0 Å². The summed E-state index contributed by atoms with van der Waals surface area (Å²) in [5, 5.41) is 0.833. The minimum atomic E-state index is 0.000469. The van der Waals surface area contributed by atoms with Crippen molar-refractivity contribution in [3.63, 3.8) is 0 Å². The molecule has 0 radical (unpaired) electrons. The molecule has 3 nitrogen and oxygen atoms in total. The van der Waals surface area contributed by atoms with Crippen LogP contribution in [0.25, 0.3) is 0 Å². The molecule has 0 saturated carbocycles. The van der Waals surface area contributed by atoms with Crippen molar-refractivity contribution < 1.29 is 4.79 Å². The van der Waals surface area contributed by atoms with Gasteiger partial charge in [0, 0.05) is 11.4 Å². The van der Waals surface area contributed by atoms with Crippen LogP contribution in [0.2, 0.25) is 0 Å². The van der Waals surface area contributed by atoms with E-state index in [1.165, 1.54) is 10.6 Å². The standard InChI is InChI=1S/C11H10N2OS/c1-7-6-13-8-4-2-3-5-9(8)15-11(13)12-10(7)14/h2-5,7H,6H2,1H3. The first-order valence-electron chi connectivity index (χ1n) is 4.92. The van der Waals surface area contributed by atoms with Gasteiger partial charge in [-0.05, 0) is 23.9 Å². The lowest BCUT2D eigenvalue weighted by Crippen LogP contribution is -2.37. The van der Waals surface area contributed by atoms with Crippen LogP contribution < -0.4 is 4.90 Å². The smallest absolute Gasteiger partial charge is 0.252 e. The van der Waals surface area contributed by atoms with Crippen molar-refractivity contribution in [2.24, 2.45) is 10.9 Å². The Morgan fingerprint density at radius 1 is 1.47 bits per heavy atom. The zero-order valence-corrected chi connectivity index (χ0v) is 9.12. The van der Waals surface area contributed by atoms with Crippen LogP contribution in [0.5, 0.6) is 0 Å². The molecule has 1 aromatic carbocycles. The van der Waals surface area contributed by atoms with E-state index in [0.29, 0.717) is 0 Å². The van der Waals surface area contributed by atoms with Gasteiger partial charge in [-0.3, -0.25) is 4.79 Å². The van der Waals surface area contributed by atoms with E-state index >= 15 is 0 Å². The third-order valence-corrected chi connectivity index (χ3v) is 3.73. The number of benzene rings is 1. The van der Waals surface area contributed by atoms with Gasteiger partial charge >= 0.3 is 0 Å². The molecule has 2 aliphatic heterocycles. The fourth-order valence-electron chi connectivity index (χ4n) is 1.84. The Labute approximate surface area is 92.2 Å². The first kappa shape index (κ1) is 8.97. The van der Waals surface area contributed by atoms with Gasteiger partial charge in [-0.15, -0.1) is 0 Å². The predicted molar refractivity (Wildman–Crippen MR) is 61.3 cm³/mol. The van der Waals surface area contributed by atoms with Crippen LogP contribution >= 0.6 is 11.8 Å². The molecule has 3 rings (SSSR count). The van der Waals surface area contributed by atoms with Crippen LogP contribution in [0.4, 0.5) is 5.69 Å². The normalized spacial score (nSPS) is 23.5. The summed E-state index contributed by atoms with van der Waals surface area (Å²) in [5.41, 5.74) is 1.18. The molecule has 0 spiro atoms. The van der Waals surface area contributed by atoms with Gasteiger partial charge in [0.05, 0.1) is 11.6 Å². The van der Waals surface area contributed by atoms with E-state index < -0.39 is 0 Å². The Hall–Kier alpha value is -1.29. The van der Waals surface area contributed by atoms with E-state index in [4.69, 9.17) is 0 Å². The maximum absolute atomic E-state index is 11.5. The van der Waals surface area contributed by atoms with Crippen molar-refractivity contribution in [3.05, 3.63) is 24.3 Å². The van der Waals surface area contributed by atoms with Crippen LogP contribution in [0.15, 0.2) is 34.2 Å². The van der Waals surface area contributed by atoms with Gasteiger partial charge in [-0.25, -0.2) is 0 Å². The maximum atomic E-state index is 11.5. The SMILES string of the molecule is CC1CN2C(=NC1=O)Sc1ccccc12. The fourth-order valence-corrected chi connectivity index (χ4v) is 2.88. The molecule has 2 aliphatic rings. The van der Waals surface area contributed by atoms with Gasteiger partial charge in [0.25, 0.3) is 5.91 Å². The number of carbonyl (C=O) groups is 1. The molecule has 0 N–H and O–H groups in total. The summed E-state index contributed by atoms with van der Waals surface area (Å²) in [4.78, 5) is 18.9. The second-order valence-corrected chi connectivity index (χ2v) is 4.82. The van der Waals surface area contributed by atoms with Gasteiger partial charge < -0.3 is 4.90 Å². The molecule has 15 heavy (non-hydrogen) atoms. The minimum Gasteiger partial charge on any atom is -0.319 e. The number of para-hydroxylation sites is 1. The number of fused-ring (bicyclic) bond motifs is 3. The molecule has 76 valence electrons. The molecule has 1 amide bonds. The number of carbonyl (C=O) groups excluding carboxylic acids is 1. The highest BCUT2D eigenvalue weighted by atomic mass is 32.2. The Morgan fingerprint density at radius 3 is 3.13 bits per heavy atom. The van der Waals surface area contributed by atoms with E-state index in [2.05, 4.69) is 22.0 Å². The maximum Gasteiger partial charge on any atom is 0.252 e. The molecule has 2 heterocycles. The van der Waals surface area contributed by atoms with E-state index in [9.17, 15) is 4.79 Å². The van der Waals surface area contributed by atoms with Crippen molar-refractivity contribution in [2.45, 2.75) is 11.8 Å². The number of anilines is 1. The number of amidine groups is 1. The number of hydrogen-bond acceptors (Lipinski definition) is 3. The van der Waals surface area contributed by atoms with Gasteiger partial charge in [-0.1, -0.05) is 19.1 Å². The number of aliphatic imine (C=N–C) groups is 1. The van der Waals surface area contributed by atoms with Gasteiger partial charge in [0.1, 0.15) is 0 Å². The highest BCUT2D eigenvalue weighted by Gasteiger charge is 2.33. The quantitative estimate of drug-likeness (QED) is 0.668. The van der Waals surface area contributed by atoms with Crippen LogP contribution in [0, 0.1) is 5.92 Å². The topological polar surface area (TPSA) is 32.7 Å². The molecule has 0 saturated heterocycles. The Kier molecular flexibility index (Phi) is 1.85. The fraction of sp³-hybridized carbons (Fsp3) is 0.273. The van der Waals surface area contributed by atoms with Gasteiger partial charge in [0.2, 0.25) is 0 Å². The molecule has 0 bridgehead atoms. The predicted octanol–water partition coefficient (Wildman–Crippen LogP) is 2.13. The number of amides is 1. The number of rotatable bonds is 0. The third kappa shape index (κ3) is 1.28. The largest absolute Gasteiger partial charge is 0.319 e. The van der Waals surface area contributed by atoms with Crippen LogP contribution in [0.3, 0.4) is 0 Å². The Balaban J connectivity index is 2.09. The lowest BCUT2D eigenvalue weighted by molar-refractivity contribution is -0.121. The Bertz CT molecular complexity index is 469. The van der Waals surface area contributed by atoms with Crippen LogP contribution in [-0.4, -0.2) is 17.6 Å². The van der Waals surface area contributed by atoms with Gasteiger partial charge in [0.15, 0.2) is 5.17 Å². The van der Waals surface area contributed by atoms with Crippen LogP contribution in [-0.2, 0) is 4.79 Å². The summed E-state index contributed by atoms with van der Waals surface area (Å²) in [5.74, 6) is 0.00191. The number of nitrogens with zero attached hydrogens (tertiary/aromatic N) is 2. The molecule has 0 aliphatic carbocycles. The number of thioether (sulfide) groups is 1. The van der Waals surface area contributed by atoms with E-state index in [1.54, 1.807) is 11.8 Å². The average molecular weight is 218 g/mol. The van der Waals surface area contributed by atoms with Gasteiger partial charge in [-0.2, -0.15) is 4.99 Å². The third-order valence-electron chi connectivity index (χ3n) is 2.67. The highest BCUT2D eigenvalue weighted by Crippen LogP contribution is 2.41. The lowest BCUT2D eigenvalue weighted by Gasteiger charge is -2.25. The molecule has 0 aromatic heterocycles. The monoisotopic (exact) mass is 218 g/mol. The summed E-state index contributed by atoms with van der Waals surface area (Å²) in [7, 11) is 0. The van der Waals surface area contributed by atoms with Crippen molar-refractivity contribution in [2.75, 3.05) is 11.4 Å². The Morgan fingerprint density at radius 2 is 2.27 bits per heavy atom. The molecular weight excluding hydrogens is 208 g/mol. The zero-order chi connectivity index (χ0) is 10.4. The first-order valence-corrected chi connectivity index (χ1v) is 5.74. The summed E-state index contributed by atoms with van der Waals surface area (Å²) in [6.45, 7) is 2.68. The second kappa shape index (κ2) is 3.10. The van der Waals surface area contributed by atoms with E-state index in [-0.39, 0.29) is 11.8 Å². The first-order chi connectivity index (χ1) is 7.25. The van der Waals surface area contributed by atoms with Crippen molar-refractivity contribution in [1.82, 2.24) is 0 Å². The van der Waals surface area contributed by atoms with Crippen molar-refractivity contribution in [3.8, 4) is 0 Å². The second-order valence-electron chi connectivity index (χ2n) is 3.81.